The van der Waals surface area contributed by atoms with E-state index in [0.29, 0.717) is 11.2 Å². The van der Waals surface area contributed by atoms with Crippen molar-refractivity contribution in [3.8, 4) is 0 Å². The predicted octanol–water partition coefficient (Wildman–Crippen LogP) is 4.25. The summed E-state index contributed by atoms with van der Waals surface area (Å²) >= 11 is 0. The second-order valence-corrected chi connectivity index (χ2v) is 9.60. The van der Waals surface area contributed by atoms with Gasteiger partial charge in [-0.15, -0.1) is 5.10 Å². The third-order valence-electron chi connectivity index (χ3n) is 6.47. The molecule has 0 saturated carbocycles. The molecule has 0 radical (unpaired) electrons. The summed E-state index contributed by atoms with van der Waals surface area (Å²) in [5, 5.41) is 11.3. The van der Waals surface area contributed by atoms with Gasteiger partial charge in [0.1, 0.15) is 17.6 Å². The number of nitrogens with one attached hydrogen (secondary N) is 1. The third-order valence-corrected chi connectivity index (χ3v) is 6.47. The van der Waals surface area contributed by atoms with Crippen LogP contribution in [0.25, 0.3) is 11.0 Å². The van der Waals surface area contributed by atoms with Crippen molar-refractivity contribution in [3.63, 3.8) is 0 Å². The first-order valence-electron chi connectivity index (χ1n) is 11.9. The number of aryl methyl sites for hydroxylation is 1. The molecule has 0 aliphatic rings. The van der Waals surface area contributed by atoms with Crippen molar-refractivity contribution in [2.24, 2.45) is 0 Å². The van der Waals surface area contributed by atoms with E-state index in [-0.39, 0.29) is 24.9 Å². The van der Waals surface area contributed by atoms with E-state index in [1.807, 2.05) is 98.7 Å². The first-order chi connectivity index (χ1) is 17.2. The van der Waals surface area contributed by atoms with Crippen molar-refractivity contribution < 1.29 is 9.59 Å². The van der Waals surface area contributed by atoms with Crippen LogP contribution >= 0.6 is 0 Å². The van der Waals surface area contributed by atoms with Crippen LogP contribution in [0.4, 0.5) is 11.4 Å². The van der Waals surface area contributed by atoms with Gasteiger partial charge in [-0.1, -0.05) is 41.6 Å². The minimum atomic E-state index is -1.14. The van der Waals surface area contributed by atoms with E-state index in [2.05, 4.69) is 15.6 Å². The lowest BCUT2D eigenvalue weighted by Gasteiger charge is -2.38. The molecular weight excluding hydrogens is 452 g/mol. The predicted molar refractivity (Wildman–Crippen MR) is 143 cm³/mol. The van der Waals surface area contributed by atoms with E-state index in [9.17, 15) is 9.59 Å². The van der Waals surface area contributed by atoms with Crippen LogP contribution in [-0.4, -0.2) is 51.3 Å². The van der Waals surface area contributed by atoms with E-state index >= 15 is 0 Å². The fraction of sp³-hybridized carbons (Fsp3) is 0.286. The summed E-state index contributed by atoms with van der Waals surface area (Å²) in [6.45, 7) is 5.80. The quantitative estimate of drug-likeness (QED) is 0.404. The molecule has 4 rings (SSSR count). The van der Waals surface area contributed by atoms with Crippen LogP contribution in [0.3, 0.4) is 0 Å². The van der Waals surface area contributed by atoms with Gasteiger partial charge in [-0.3, -0.25) is 9.59 Å². The first kappa shape index (κ1) is 24.9. The Kier molecular flexibility index (Phi) is 7.05. The maximum Gasteiger partial charge on any atom is 0.249 e. The third kappa shape index (κ3) is 5.22. The molecule has 0 fully saturated rings. The van der Waals surface area contributed by atoms with Gasteiger partial charge in [-0.2, -0.15) is 0 Å². The monoisotopic (exact) mass is 484 g/mol. The van der Waals surface area contributed by atoms with Crippen molar-refractivity contribution >= 4 is 34.2 Å². The number of rotatable bonds is 8. The molecule has 0 saturated heterocycles. The van der Waals surface area contributed by atoms with Crippen molar-refractivity contribution in [3.05, 3.63) is 83.9 Å². The smallest absolute Gasteiger partial charge is 0.249 e. The van der Waals surface area contributed by atoms with Crippen LogP contribution in [0.5, 0.6) is 0 Å². The molecular formula is C28H32N6O2. The number of hydrogen-bond acceptors (Lipinski definition) is 5. The van der Waals surface area contributed by atoms with Gasteiger partial charge in [0.05, 0.1) is 5.52 Å². The highest BCUT2D eigenvalue weighted by Crippen LogP contribution is 2.24. The van der Waals surface area contributed by atoms with Gasteiger partial charge < -0.3 is 15.1 Å². The topological polar surface area (TPSA) is 83.4 Å². The van der Waals surface area contributed by atoms with Gasteiger partial charge in [0, 0.05) is 32.0 Å². The summed E-state index contributed by atoms with van der Waals surface area (Å²) in [7, 11) is 3.92. The first-order valence-corrected chi connectivity index (χ1v) is 11.9. The van der Waals surface area contributed by atoms with E-state index in [1.165, 1.54) is 0 Å². The number of hydrogen-bond donors (Lipinski definition) is 1. The van der Waals surface area contributed by atoms with Crippen LogP contribution in [0.15, 0.2) is 72.8 Å². The maximum absolute atomic E-state index is 13.7. The molecule has 186 valence electrons. The molecule has 0 unspecified atom stereocenters. The molecule has 3 aromatic carbocycles. The van der Waals surface area contributed by atoms with Crippen LogP contribution in [0, 0.1) is 6.92 Å². The minimum absolute atomic E-state index is 0.0271. The summed E-state index contributed by atoms with van der Waals surface area (Å²) in [5.74, 6) is -0.498. The minimum Gasteiger partial charge on any atom is -0.378 e. The van der Waals surface area contributed by atoms with E-state index in [4.69, 9.17) is 0 Å². The summed E-state index contributed by atoms with van der Waals surface area (Å²) in [5.41, 5.74) is 4.07. The molecule has 4 aromatic rings. The van der Waals surface area contributed by atoms with Crippen LogP contribution in [0.2, 0.25) is 0 Å². The second-order valence-electron chi connectivity index (χ2n) is 9.60. The van der Waals surface area contributed by atoms with E-state index < -0.39 is 5.54 Å². The number of carbonyl (C=O) groups excluding carboxylic acids is 2. The molecule has 8 heteroatoms. The van der Waals surface area contributed by atoms with Gasteiger partial charge in [-0.25, -0.2) is 4.68 Å². The van der Waals surface area contributed by atoms with Crippen LogP contribution in [-0.2, 0) is 22.7 Å². The van der Waals surface area contributed by atoms with Gasteiger partial charge >= 0.3 is 0 Å². The zero-order chi connectivity index (χ0) is 25.9. The SMILES string of the molecule is Cc1ccccc1CN(C(=O)Cn1nnc2ccccc21)C(C)(C)C(=O)Nc1ccc(N(C)C)cc1. The lowest BCUT2D eigenvalue weighted by molar-refractivity contribution is -0.145. The number of nitrogens with zero attached hydrogens (tertiary/aromatic N) is 5. The van der Waals surface area contributed by atoms with Gasteiger partial charge in [0.2, 0.25) is 11.8 Å². The highest BCUT2D eigenvalue weighted by molar-refractivity contribution is 6.00. The lowest BCUT2D eigenvalue weighted by Crippen LogP contribution is -2.55. The zero-order valence-corrected chi connectivity index (χ0v) is 21.4. The maximum atomic E-state index is 13.7. The fourth-order valence-electron chi connectivity index (χ4n) is 4.05. The average Bonchev–Trinajstić information content (AvgIpc) is 3.26. The highest BCUT2D eigenvalue weighted by Gasteiger charge is 2.38. The molecule has 0 spiro atoms. The molecule has 1 N–H and O–H groups in total. The molecule has 0 aliphatic heterocycles. The van der Waals surface area contributed by atoms with Crippen molar-refractivity contribution in [1.29, 1.82) is 0 Å². The van der Waals surface area contributed by atoms with Crippen molar-refractivity contribution in [2.45, 2.75) is 39.4 Å². The number of benzene rings is 3. The summed E-state index contributed by atoms with van der Waals surface area (Å²) < 4.78 is 1.58. The standard InChI is InChI=1S/C28H32N6O2/c1-20-10-6-7-11-21(20)18-33(26(35)19-34-25-13-9-8-12-24(25)30-31-34)28(2,3)27(36)29-22-14-16-23(17-15-22)32(4)5/h6-17H,18-19H2,1-5H3,(H,29,36). The molecule has 8 nitrogen and oxygen atoms in total. The summed E-state index contributed by atoms with van der Waals surface area (Å²) in [4.78, 5) is 30.9. The number of fused-ring (bicyclic) bond motifs is 1. The average molecular weight is 485 g/mol. The van der Waals surface area contributed by atoms with Gasteiger partial charge in [0.25, 0.3) is 0 Å². The summed E-state index contributed by atoms with van der Waals surface area (Å²) in [6.07, 6.45) is 0. The van der Waals surface area contributed by atoms with Crippen LogP contribution in [0.1, 0.15) is 25.0 Å². The number of para-hydroxylation sites is 1. The Balaban J connectivity index is 1.62. The Morgan fingerprint density at radius 1 is 0.944 bits per heavy atom. The van der Waals surface area contributed by atoms with Gasteiger partial charge in [-0.05, 0) is 68.3 Å². The number of anilines is 2. The Bertz CT molecular complexity index is 1370. The Morgan fingerprint density at radius 2 is 1.61 bits per heavy atom. The molecule has 36 heavy (non-hydrogen) atoms. The van der Waals surface area contributed by atoms with E-state index in [1.54, 1.807) is 23.4 Å². The van der Waals surface area contributed by atoms with E-state index in [0.717, 1.165) is 22.3 Å². The molecule has 0 bridgehead atoms. The Labute approximate surface area is 211 Å². The van der Waals surface area contributed by atoms with Crippen molar-refractivity contribution in [1.82, 2.24) is 19.9 Å². The molecule has 0 atom stereocenters. The normalized spacial score (nSPS) is 11.4. The van der Waals surface area contributed by atoms with Crippen molar-refractivity contribution in [2.75, 3.05) is 24.3 Å². The summed E-state index contributed by atoms with van der Waals surface area (Å²) in [6, 6.07) is 23.0. The second kappa shape index (κ2) is 10.2. The number of amides is 2. The van der Waals surface area contributed by atoms with Gasteiger partial charge in [0.15, 0.2) is 0 Å². The molecule has 1 aromatic heterocycles. The number of aromatic nitrogens is 3. The Hall–Kier alpha value is -4.20. The van der Waals surface area contributed by atoms with Crippen LogP contribution < -0.4 is 10.2 Å². The largest absolute Gasteiger partial charge is 0.378 e. The zero-order valence-electron chi connectivity index (χ0n) is 21.4. The lowest BCUT2D eigenvalue weighted by atomic mass is 9.98. The molecule has 1 heterocycles. The molecule has 2 amide bonds. The Morgan fingerprint density at radius 3 is 2.31 bits per heavy atom. The fourth-order valence-corrected chi connectivity index (χ4v) is 4.05. The number of carbonyl (C=O) groups is 2. The molecule has 0 aliphatic carbocycles. The highest BCUT2D eigenvalue weighted by atomic mass is 16.2.